The van der Waals surface area contributed by atoms with Gasteiger partial charge >= 0.3 is 18.1 Å². The van der Waals surface area contributed by atoms with Crippen LogP contribution in [0.4, 0.5) is 9.59 Å². The lowest BCUT2D eigenvalue weighted by molar-refractivity contribution is -0.142. The molecule has 0 unspecified atom stereocenters. The van der Waals surface area contributed by atoms with Gasteiger partial charge in [0.05, 0.1) is 111 Å². The summed E-state index contributed by atoms with van der Waals surface area (Å²) in [5, 5.41) is 79.0. The molecule has 1 saturated carbocycles. The smallest absolute Gasteiger partial charge is 0.407 e. The number of phenolic OH excluding ortho intramolecular Hbond substituents is 3. The number of aromatic hydroxyl groups is 3. The monoisotopic (exact) mass is 1940 g/mol. The van der Waals surface area contributed by atoms with E-state index in [4.69, 9.17) is 40.6 Å². The summed E-state index contributed by atoms with van der Waals surface area (Å²) in [4.78, 5) is 209. The lowest BCUT2D eigenvalue weighted by Gasteiger charge is -2.36. The summed E-state index contributed by atoms with van der Waals surface area (Å²) in [5.74, 6) is -11.6. The second-order valence-electron chi connectivity index (χ2n) is 37.7. The summed E-state index contributed by atoms with van der Waals surface area (Å²) in [7, 11) is 0. The van der Waals surface area contributed by atoms with Crippen LogP contribution < -0.4 is 53.4 Å². The van der Waals surface area contributed by atoms with Gasteiger partial charge in [-0.25, -0.2) is 24.0 Å². The van der Waals surface area contributed by atoms with Crippen molar-refractivity contribution in [2.45, 2.75) is 197 Å². The van der Waals surface area contributed by atoms with Gasteiger partial charge in [0.25, 0.3) is 0 Å². The fraction of sp³-hybridized carbons (Fsp3) is 0.485. The first kappa shape index (κ1) is 103. The SMILES string of the molecule is CC(C)C[C@H](NC(=O)[C@@H](CCCn1nnc2c1CC[C@H]1[C@@H](CC2)[C@H]1COC(=O)NCCOCCOCCCC(=O)c1ccc2c(c1)C(=O)OC21c2ccc(O)cc2Oc2cc(O)ccc21)CC(=O)[C@H](Cc1ccc(O)cc1)NC(=O)[C@H](CO)CC(=O)[C@H](Cc1c[nH]c2ccccc12)NC(=O)[C@@H](CC(=O)[C@@H]1CCC(=O)N1)Cc1c[nH]cn1)C(=O)C[C@@H](CCCNC(=N)N)C(=O)N1CCC[C@H]1C(=O)CNC(N)=O. The zero-order valence-electron chi connectivity index (χ0n) is 78.8. The number of nitrogens with one attached hydrogen (secondary N) is 10. The van der Waals surface area contributed by atoms with Gasteiger partial charge in [0.2, 0.25) is 29.5 Å². The third-order valence-corrected chi connectivity index (χ3v) is 27.4. The van der Waals surface area contributed by atoms with E-state index in [0.29, 0.717) is 71.2 Å². The molecule has 18 N–H and O–H groups in total. The highest BCUT2D eigenvalue weighted by molar-refractivity contribution is 6.04. The Labute approximate surface area is 812 Å². The van der Waals surface area contributed by atoms with Crippen molar-refractivity contribution in [1.29, 1.82) is 5.41 Å². The number of aromatic amines is 2. The number of hydrogen-bond acceptors (Lipinski definition) is 27. The van der Waals surface area contributed by atoms with Gasteiger partial charge in [-0.2, -0.15) is 0 Å². The second-order valence-corrected chi connectivity index (χ2v) is 37.7. The molecule has 750 valence electrons. The molecule has 14 rings (SSSR count). The van der Waals surface area contributed by atoms with E-state index in [1.807, 2.05) is 32.0 Å². The molecule has 0 bridgehead atoms. The molecule has 2 aliphatic carbocycles. The van der Waals surface area contributed by atoms with Crippen LogP contribution >= 0.6 is 0 Å². The number of hydrogen-bond donors (Lipinski definition) is 16. The number of alkyl carbamates (subject to hydrolysis) is 1. The summed E-state index contributed by atoms with van der Waals surface area (Å²) in [6.07, 6.45) is 6.46. The highest BCUT2D eigenvalue weighted by Crippen LogP contribution is 2.58. The lowest BCUT2D eigenvalue weighted by atomic mass is 9.77. The minimum atomic E-state index is -1.56. The van der Waals surface area contributed by atoms with Crippen LogP contribution in [0.5, 0.6) is 28.7 Å². The normalized spacial score (nSPS) is 18.4. The third-order valence-electron chi connectivity index (χ3n) is 27.4. The molecule has 3 fully saturated rings. The van der Waals surface area contributed by atoms with Gasteiger partial charge in [0.15, 0.2) is 46.3 Å². The van der Waals surface area contributed by atoms with E-state index in [0.717, 1.165) is 28.7 Å². The number of esters is 1. The van der Waals surface area contributed by atoms with Gasteiger partial charge in [-0.05, 0) is 173 Å². The van der Waals surface area contributed by atoms with Crippen molar-refractivity contribution in [3.05, 3.63) is 178 Å². The number of urea groups is 1. The molecule has 8 aromatic rings. The van der Waals surface area contributed by atoms with E-state index in [2.05, 4.69) is 62.5 Å². The van der Waals surface area contributed by atoms with Crippen molar-refractivity contribution in [3.8, 4) is 28.7 Å². The molecule has 2 saturated heterocycles. The second kappa shape index (κ2) is 47.6. The highest BCUT2D eigenvalue weighted by atomic mass is 16.6. The first-order valence-electron chi connectivity index (χ1n) is 48.3. The van der Waals surface area contributed by atoms with Crippen LogP contribution in [0, 0.1) is 52.8 Å². The maximum absolute atomic E-state index is 15.6. The fourth-order valence-corrected chi connectivity index (χ4v) is 20.0. The van der Waals surface area contributed by atoms with Crippen LogP contribution in [0.25, 0.3) is 10.9 Å². The predicted octanol–water partition coefficient (Wildman–Crippen LogP) is 6.40. The molecule has 0 radical (unpaired) electrons. The number of fused-ring (bicyclic) bond motifs is 9. The number of amides is 8. The Morgan fingerprint density at radius 3 is 2.00 bits per heavy atom. The standard InChI is InChI=1S/C101H123N17O23/c1-56(2)39-79(87(126)45-60(9-5-31-106-98(102)103)96(133)117-33-7-13-83(117)89(128)52-109-99(104)135)112-93(130)59(44-86(125)80(40-57-15-18-65(120)19-16-57)113-95(132)63(53-119)47-88(127)81(43-62-50-108-76-12-4-3-11-68(62)76)114-94(131)61(41-64-51-105-55-110-64)46-85(124)78-28-30-92(129)111-78)10-6-34-118-82-29-23-70-69(22-27-77(82)115-116-118)72(70)54-139-100(136)107-32-36-138-38-37-137-35-8-14-84(123)58-17-24-73-71(42-58)97(134)141-101(73)74-25-20-66(121)48-90(74)140-91-49-67(122)21-26-75(91)101/h3-4,11-12,15-21,24-26,42,48-51,55-56,59-61,63,69-70,72,78-81,83,108,119-122H,5-10,13-14,22-23,27-41,43-47,52-54H2,1-2H3,(H,105,110)(H,107,136)(H,111,129)(H,112,130)(H,113,132)(H,114,131)(H4,102,103,106)(H3,104,109,135)/t59-,60+,61+,63-,69+,70-,72+,78-,79-,80-,81-,83-/m0/s1. The molecule has 40 nitrogen and oxygen atoms in total. The number of aliphatic hydroxyl groups is 1. The minimum absolute atomic E-state index is 0.0174. The Balaban J connectivity index is 0.607. The number of ether oxygens (including phenoxy) is 5. The Hall–Kier alpha value is -14.3. The number of aromatic nitrogens is 6. The van der Waals surface area contributed by atoms with Crippen LogP contribution in [-0.4, -0.2) is 240 Å². The first-order chi connectivity index (χ1) is 67.9. The van der Waals surface area contributed by atoms with Gasteiger partial charge in [-0.15, -0.1) is 5.10 Å². The number of aliphatic hydroxyl groups excluding tert-OH is 1. The molecule has 4 aliphatic heterocycles. The summed E-state index contributed by atoms with van der Waals surface area (Å²) >= 11 is 0. The molecule has 3 aromatic heterocycles. The molecular formula is C101H123N17O23. The van der Waals surface area contributed by atoms with Crippen LogP contribution in [0.1, 0.15) is 189 Å². The third kappa shape index (κ3) is 26.3. The number of benzene rings is 5. The Kier molecular flexibility index (Phi) is 34.6. The minimum Gasteiger partial charge on any atom is -0.508 e. The van der Waals surface area contributed by atoms with Gasteiger partial charge in [0, 0.05) is 154 Å². The number of nitrogens with two attached hydrogens (primary N) is 2. The van der Waals surface area contributed by atoms with E-state index < -0.39 is 163 Å². The lowest BCUT2D eigenvalue weighted by Crippen LogP contribution is -2.50. The van der Waals surface area contributed by atoms with Gasteiger partial charge in [-0.3, -0.25) is 58.1 Å². The average Bonchev–Trinajstić information content (AvgIpc) is 1.49. The average molecular weight is 1940 g/mol. The Bertz CT molecular complexity index is 5870. The number of Topliss-reactive ketones (excluding diaryl/α,β-unsaturated/α-hetero) is 6. The first-order valence-corrected chi connectivity index (χ1v) is 48.3. The number of carbonyl (C=O) groups is 14. The van der Waals surface area contributed by atoms with Crippen LogP contribution in [0.3, 0.4) is 0 Å². The van der Waals surface area contributed by atoms with Crippen molar-refractivity contribution in [1.82, 2.24) is 72.1 Å². The molecule has 5 aromatic carbocycles. The number of carbonyl (C=O) groups excluding carboxylic acids is 14. The van der Waals surface area contributed by atoms with Gasteiger partial charge in [0.1, 0.15) is 28.7 Å². The van der Waals surface area contributed by atoms with E-state index >= 15 is 24.0 Å². The van der Waals surface area contributed by atoms with Crippen molar-refractivity contribution in [3.63, 3.8) is 0 Å². The summed E-state index contributed by atoms with van der Waals surface area (Å²) < 4.78 is 31.1. The van der Waals surface area contributed by atoms with E-state index in [-0.39, 0.29) is 218 Å². The highest BCUT2D eigenvalue weighted by Gasteiger charge is 2.55. The van der Waals surface area contributed by atoms with E-state index in [9.17, 15) is 63.6 Å². The largest absolute Gasteiger partial charge is 0.508 e. The number of rotatable bonds is 52. The number of phenols is 3. The molecule has 8 amide bonds. The molecular weight excluding hydrogens is 1820 g/mol. The molecule has 1 spiro atoms. The number of imidazole rings is 1. The number of para-hydroxylation sites is 1. The maximum atomic E-state index is 15.6. The summed E-state index contributed by atoms with van der Waals surface area (Å²) in [6.45, 7) is 4.02. The number of H-pyrrole nitrogens is 2. The van der Waals surface area contributed by atoms with Crippen molar-refractivity contribution in [2.75, 3.05) is 65.8 Å². The van der Waals surface area contributed by atoms with Crippen molar-refractivity contribution in [2.24, 2.45) is 58.8 Å². The van der Waals surface area contributed by atoms with Crippen LogP contribution in [0.2, 0.25) is 0 Å². The summed E-state index contributed by atoms with van der Waals surface area (Å²) in [6, 6.07) is 20.0. The number of likely N-dealkylation sites (tertiary alicyclic amines) is 1. The van der Waals surface area contributed by atoms with Gasteiger partial charge in [-0.1, -0.05) is 61.5 Å². The fourth-order valence-electron chi connectivity index (χ4n) is 20.0. The Morgan fingerprint density at radius 1 is 0.645 bits per heavy atom. The van der Waals surface area contributed by atoms with E-state index in [1.165, 1.54) is 65.8 Å². The van der Waals surface area contributed by atoms with Crippen molar-refractivity contribution < 1.29 is 111 Å². The topological polar surface area (TPSA) is 605 Å². The number of primary amides is 1. The molecule has 12 atom stereocenters. The zero-order chi connectivity index (χ0) is 100. The number of guanidine groups is 1. The predicted molar refractivity (Wildman–Crippen MR) is 507 cm³/mol. The molecule has 141 heavy (non-hydrogen) atoms. The number of ketones is 6. The van der Waals surface area contributed by atoms with Gasteiger partial charge < -0.3 is 108 Å². The maximum Gasteiger partial charge on any atom is 0.407 e. The molecule has 7 heterocycles. The Morgan fingerprint density at radius 2 is 1.30 bits per heavy atom. The zero-order valence-corrected chi connectivity index (χ0v) is 78.8. The van der Waals surface area contributed by atoms with E-state index in [1.54, 1.807) is 47.4 Å². The van der Waals surface area contributed by atoms with Crippen LogP contribution in [-0.2, 0) is 111 Å². The van der Waals surface area contributed by atoms with Crippen molar-refractivity contribution >= 4 is 99.2 Å². The molecule has 40 heteroatoms. The number of nitrogens with zero attached hydrogens (tertiary/aromatic N) is 5. The molecule has 6 aliphatic rings. The van der Waals surface area contributed by atoms with Crippen LogP contribution in [0.15, 0.2) is 122 Å². The quantitative estimate of drug-likeness (QED) is 0.00644. The summed E-state index contributed by atoms with van der Waals surface area (Å²) in [5.41, 5.74) is 15.2. The number of aryl methyl sites for hydroxylation is 2.